The highest BCUT2D eigenvalue weighted by Crippen LogP contribution is 2.35. The van der Waals surface area contributed by atoms with Crippen LogP contribution in [0.4, 0.5) is 13.2 Å². The van der Waals surface area contributed by atoms with Crippen LogP contribution in [0.1, 0.15) is 30.4 Å². The van der Waals surface area contributed by atoms with E-state index >= 15 is 0 Å². The van der Waals surface area contributed by atoms with Crippen LogP contribution in [0.15, 0.2) is 24.3 Å². The van der Waals surface area contributed by atoms with E-state index in [2.05, 4.69) is 0 Å². The first-order valence-electron chi connectivity index (χ1n) is 6.27. The molecular formula is C14H15F3O2. The molecule has 0 bridgehead atoms. The van der Waals surface area contributed by atoms with E-state index < -0.39 is 17.7 Å². The Bertz CT molecular complexity index is 451. The lowest BCUT2D eigenvalue weighted by molar-refractivity contribution is -0.143. The summed E-state index contributed by atoms with van der Waals surface area (Å²) >= 11 is 0. The van der Waals surface area contributed by atoms with Gasteiger partial charge in [0.25, 0.3) is 0 Å². The van der Waals surface area contributed by atoms with Crippen LogP contribution in [0.3, 0.4) is 0 Å². The van der Waals surface area contributed by atoms with E-state index in [1.165, 1.54) is 12.1 Å². The molecular weight excluding hydrogens is 257 g/mol. The molecule has 1 aliphatic rings. The summed E-state index contributed by atoms with van der Waals surface area (Å²) in [5.41, 5.74) is 0.101. The number of benzene rings is 1. The average molecular weight is 272 g/mol. The van der Waals surface area contributed by atoms with Gasteiger partial charge in [0, 0.05) is 0 Å². The van der Waals surface area contributed by atoms with Crippen molar-refractivity contribution in [2.24, 2.45) is 11.8 Å². The molecule has 5 heteroatoms. The molecule has 2 rings (SSSR count). The van der Waals surface area contributed by atoms with Crippen LogP contribution >= 0.6 is 0 Å². The van der Waals surface area contributed by atoms with Crippen molar-refractivity contribution >= 4 is 5.97 Å². The standard InChI is InChI=1S/C14H15F3O2/c15-14(16,17)11-6-4-9(5-7-11)8-10-2-1-3-12(10)13(18)19/h4-7,10,12H,1-3,8H2,(H,18,19). The SMILES string of the molecule is O=C(O)C1CCCC1Cc1ccc(C(F)(F)F)cc1. The van der Waals surface area contributed by atoms with Crippen molar-refractivity contribution in [3.8, 4) is 0 Å². The molecule has 0 aromatic heterocycles. The highest BCUT2D eigenvalue weighted by atomic mass is 19.4. The fourth-order valence-electron chi connectivity index (χ4n) is 2.74. The van der Waals surface area contributed by atoms with Crippen LogP contribution in [0.2, 0.25) is 0 Å². The molecule has 1 N–H and O–H groups in total. The largest absolute Gasteiger partial charge is 0.481 e. The minimum Gasteiger partial charge on any atom is -0.481 e. The summed E-state index contributed by atoms with van der Waals surface area (Å²) in [6.45, 7) is 0. The van der Waals surface area contributed by atoms with Crippen LogP contribution in [0.25, 0.3) is 0 Å². The highest BCUT2D eigenvalue weighted by molar-refractivity contribution is 5.70. The molecule has 1 aromatic carbocycles. The molecule has 19 heavy (non-hydrogen) atoms. The van der Waals surface area contributed by atoms with Crippen LogP contribution in [0.5, 0.6) is 0 Å². The van der Waals surface area contributed by atoms with Gasteiger partial charge in [0.15, 0.2) is 0 Å². The maximum atomic E-state index is 12.4. The maximum Gasteiger partial charge on any atom is 0.416 e. The summed E-state index contributed by atoms with van der Waals surface area (Å²) in [7, 11) is 0. The van der Waals surface area contributed by atoms with Gasteiger partial charge in [-0.15, -0.1) is 0 Å². The van der Waals surface area contributed by atoms with E-state index in [9.17, 15) is 18.0 Å². The second-order valence-electron chi connectivity index (χ2n) is 5.03. The first kappa shape index (κ1) is 13.9. The number of halogens is 3. The van der Waals surface area contributed by atoms with Gasteiger partial charge in [-0.1, -0.05) is 18.6 Å². The zero-order valence-electron chi connectivity index (χ0n) is 10.3. The lowest BCUT2D eigenvalue weighted by atomic mass is 9.89. The Morgan fingerprint density at radius 3 is 2.37 bits per heavy atom. The predicted octanol–water partition coefficient (Wildman–Crippen LogP) is 3.75. The van der Waals surface area contributed by atoms with Gasteiger partial charge in [-0.2, -0.15) is 13.2 Å². The van der Waals surface area contributed by atoms with Crippen LogP contribution in [-0.4, -0.2) is 11.1 Å². The average Bonchev–Trinajstić information content (AvgIpc) is 2.77. The minimum absolute atomic E-state index is 0.0363. The zero-order valence-corrected chi connectivity index (χ0v) is 10.3. The summed E-state index contributed by atoms with van der Waals surface area (Å²) < 4.78 is 37.2. The summed E-state index contributed by atoms with van der Waals surface area (Å²) in [5.74, 6) is -1.12. The van der Waals surface area contributed by atoms with E-state index in [0.29, 0.717) is 12.8 Å². The highest BCUT2D eigenvalue weighted by Gasteiger charge is 2.33. The van der Waals surface area contributed by atoms with Crippen molar-refractivity contribution < 1.29 is 23.1 Å². The Kier molecular flexibility index (Phi) is 3.83. The van der Waals surface area contributed by atoms with Crippen LogP contribution in [0, 0.1) is 11.8 Å². The Balaban J connectivity index is 2.06. The van der Waals surface area contributed by atoms with Gasteiger partial charge in [-0.3, -0.25) is 4.79 Å². The van der Waals surface area contributed by atoms with Gasteiger partial charge in [0.2, 0.25) is 0 Å². The molecule has 0 spiro atoms. The zero-order chi connectivity index (χ0) is 14.0. The third kappa shape index (κ3) is 3.28. The monoisotopic (exact) mass is 272 g/mol. The number of carbonyl (C=O) groups is 1. The molecule has 1 saturated carbocycles. The van der Waals surface area contributed by atoms with Crippen LogP contribution < -0.4 is 0 Å². The Labute approximate surface area is 109 Å². The quantitative estimate of drug-likeness (QED) is 0.909. The maximum absolute atomic E-state index is 12.4. The topological polar surface area (TPSA) is 37.3 Å². The molecule has 0 saturated heterocycles. The van der Waals surface area contributed by atoms with E-state index in [0.717, 1.165) is 30.5 Å². The molecule has 0 amide bonds. The normalized spacial score (nSPS) is 23.5. The number of carboxylic acid groups (broad SMARTS) is 1. The summed E-state index contributed by atoms with van der Waals surface area (Å²) in [6, 6.07) is 5.00. The minimum atomic E-state index is -4.32. The molecule has 1 fully saturated rings. The van der Waals surface area contributed by atoms with E-state index in [-0.39, 0.29) is 11.8 Å². The third-order valence-electron chi connectivity index (χ3n) is 3.76. The number of hydrogen-bond acceptors (Lipinski definition) is 1. The van der Waals surface area contributed by atoms with Gasteiger partial charge in [-0.05, 0) is 42.9 Å². The second kappa shape index (κ2) is 5.23. The number of rotatable bonds is 3. The second-order valence-corrected chi connectivity index (χ2v) is 5.03. The predicted molar refractivity (Wildman–Crippen MR) is 63.6 cm³/mol. The first-order valence-corrected chi connectivity index (χ1v) is 6.27. The van der Waals surface area contributed by atoms with Gasteiger partial charge < -0.3 is 5.11 Å². The van der Waals surface area contributed by atoms with Crippen LogP contribution in [-0.2, 0) is 17.4 Å². The van der Waals surface area contributed by atoms with Gasteiger partial charge >= 0.3 is 12.1 Å². The molecule has 1 aliphatic carbocycles. The van der Waals surface area contributed by atoms with Crippen molar-refractivity contribution in [2.45, 2.75) is 31.9 Å². The van der Waals surface area contributed by atoms with E-state index in [1.807, 2.05) is 0 Å². The Morgan fingerprint density at radius 1 is 1.21 bits per heavy atom. The first-order chi connectivity index (χ1) is 8.88. The third-order valence-corrected chi connectivity index (χ3v) is 3.76. The fraction of sp³-hybridized carbons (Fsp3) is 0.500. The van der Waals surface area contributed by atoms with Crippen molar-refractivity contribution in [3.05, 3.63) is 35.4 Å². The van der Waals surface area contributed by atoms with Crippen molar-refractivity contribution in [1.82, 2.24) is 0 Å². The summed E-state index contributed by atoms with van der Waals surface area (Å²) in [5, 5.41) is 9.06. The molecule has 0 radical (unpaired) electrons. The Morgan fingerprint density at radius 2 is 1.84 bits per heavy atom. The summed E-state index contributed by atoms with van der Waals surface area (Å²) in [6.07, 6.45) is -1.41. The number of alkyl halides is 3. The van der Waals surface area contributed by atoms with Crippen molar-refractivity contribution in [1.29, 1.82) is 0 Å². The van der Waals surface area contributed by atoms with Gasteiger partial charge in [-0.25, -0.2) is 0 Å². The molecule has 2 unspecified atom stereocenters. The molecule has 0 heterocycles. The van der Waals surface area contributed by atoms with Gasteiger partial charge in [0.1, 0.15) is 0 Å². The molecule has 1 aromatic rings. The number of hydrogen-bond donors (Lipinski definition) is 1. The van der Waals surface area contributed by atoms with E-state index in [4.69, 9.17) is 5.11 Å². The lowest BCUT2D eigenvalue weighted by Gasteiger charge is -2.16. The van der Waals surface area contributed by atoms with E-state index in [1.54, 1.807) is 0 Å². The fourth-order valence-corrected chi connectivity index (χ4v) is 2.74. The number of aliphatic carboxylic acids is 1. The smallest absolute Gasteiger partial charge is 0.416 e. The molecule has 2 nitrogen and oxygen atoms in total. The van der Waals surface area contributed by atoms with Crippen molar-refractivity contribution in [2.75, 3.05) is 0 Å². The lowest BCUT2D eigenvalue weighted by Crippen LogP contribution is -2.20. The Hall–Kier alpha value is -1.52. The molecule has 104 valence electrons. The molecule has 2 atom stereocenters. The van der Waals surface area contributed by atoms with Gasteiger partial charge in [0.05, 0.1) is 11.5 Å². The summed E-state index contributed by atoms with van der Waals surface area (Å²) in [4.78, 5) is 11.0. The number of carboxylic acids is 1. The molecule has 0 aliphatic heterocycles. The van der Waals surface area contributed by atoms with Crippen molar-refractivity contribution in [3.63, 3.8) is 0 Å².